The Bertz CT molecular complexity index is 332. The Labute approximate surface area is 100 Å². The molecule has 0 aliphatic carbocycles. The van der Waals surface area contributed by atoms with Gasteiger partial charge in [-0.1, -0.05) is 0 Å². The molecular formula is C12H18O5. The van der Waals surface area contributed by atoms with Gasteiger partial charge in [-0.2, -0.15) is 0 Å². The van der Waals surface area contributed by atoms with Crippen molar-refractivity contribution in [3.8, 4) is 0 Å². The van der Waals surface area contributed by atoms with Crippen molar-refractivity contribution in [1.29, 1.82) is 0 Å². The molecule has 2 aliphatic heterocycles. The van der Waals surface area contributed by atoms with Crippen LogP contribution in [0.4, 0.5) is 0 Å². The maximum atomic E-state index is 11.9. The first-order valence-electron chi connectivity index (χ1n) is 5.74. The van der Waals surface area contributed by atoms with Crippen molar-refractivity contribution in [3.05, 3.63) is 0 Å². The molecule has 5 heteroatoms. The highest BCUT2D eigenvalue weighted by Crippen LogP contribution is 2.57. The maximum absolute atomic E-state index is 11.9. The number of carbonyl (C=O) groups excluding carboxylic acids is 2. The summed E-state index contributed by atoms with van der Waals surface area (Å²) in [7, 11) is 2.66. The minimum absolute atomic E-state index is 0.397. The molecule has 0 aromatic rings. The first-order valence-corrected chi connectivity index (χ1v) is 5.74. The molecule has 2 bridgehead atoms. The van der Waals surface area contributed by atoms with Crippen LogP contribution < -0.4 is 0 Å². The summed E-state index contributed by atoms with van der Waals surface area (Å²) in [5.41, 5.74) is -1.22. The number of hydrogen-bond acceptors (Lipinski definition) is 5. The van der Waals surface area contributed by atoms with Crippen LogP contribution in [0.5, 0.6) is 0 Å². The Balaban J connectivity index is 2.40. The average molecular weight is 242 g/mol. The molecular weight excluding hydrogens is 224 g/mol. The Kier molecular flexibility index (Phi) is 2.69. The van der Waals surface area contributed by atoms with E-state index in [1.54, 1.807) is 0 Å². The van der Waals surface area contributed by atoms with E-state index in [0.29, 0.717) is 0 Å². The van der Waals surface area contributed by atoms with Crippen LogP contribution in [0.15, 0.2) is 0 Å². The Morgan fingerprint density at radius 2 is 1.35 bits per heavy atom. The number of rotatable bonds is 2. The summed E-state index contributed by atoms with van der Waals surface area (Å²) >= 11 is 0. The lowest BCUT2D eigenvalue weighted by molar-refractivity contribution is -0.160. The summed E-state index contributed by atoms with van der Waals surface area (Å²) in [6, 6.07) is 0. The van der Waals surface area contributed by atoms with Crippen LogP contribution >= 0.6 is 0 Å². The molecule has 0 unspecified atom stereocenters. The third-order valence-corrected chi connectivity index (χ3v) is 4.14. The van der Waals surface area contributed by atoms with Gasteiger partial charge in [0.05, 0.1) is 25.4 Å². The van der Waals surface area contributed by atoms with Crippen LogP contribution in [0.3, 0.4) is 0 Å². The fourth-order valence-electron chi connectivity index (χ4n) is 3.30. The van der Waals surface area contributed by atoms with Crippen molar-refractivity contribution in [1.82, 2.24) is 0 Å². The lowest BCUT2D eigenvalue weighted by Crippen LogP contribution is -2.47. The molecule has 2 rings (SSSR count). The van der Waals surface area contributed by atoms with Gasteiger partial charge < -0.3 is 14.2 Å². The van der Waals surface area contributed by atoms with Gasteiger partial charge in [-0.3, -0.25) is 9.59 Å². The third kappa shape index (κ3) is 1.56. The predicted octanol–water partition coefficient (Wildman–Crippen LogP) is 0.906. The number of esters is 2. The zero-order valence-electron chi connectivity index (χ0n) is 10.6. The van der Waals surface area contributed by atoms with Crippen molar-refractivity contribution in [2.45, 2.75) is 37.9 Å². The fourth-order valence-corrected chi connectivity index (χ4v) is 3.30. The third-order valence-electron chi connectivity index (χ3n) is 4.14. The summed E-state index contributed by atoms with van der Waals surface area (Å²) in [6.07, 6.45) is 1.52. The Morgan fingerprint density at radius 1 is 1.00 bits per heavy atom. The first kappa shape index (κ1) is 12.4. The highest BCUT2D eigenvalue weighted by Gasteiger charge is 2.68. The molecule has 96 valence electrons. The smallest absolute Gasteiger partial charge is 0.312 e. The van der Waals surface area contributed by atoms with Gasteiger partial charge >= 0.3 is 11.9 Å². The van der Waals surface area contributed by atoms with E-state index in [0.717, 1.165) is 12.8 Å². The molecule has 0 N–H and O–H groups in total. The number of methoxy groups -OCH3 is 2. The largest absolute Gasteiger partial charge is 0.469 e. The molecule has 17 heavy (non-hydrogen) atoms. The van der Waals surface area contributed by atoms with Gasteiger partial charge in [-0.05, 0) is 26.7 Å². The van der Waals surface area contributed by atoms with E-state index in [1.165, 1.54) is 14.2 Å². The Hall–Kier alpha value is -1.10. The quantitative estimate of drug-likeness (QED) is 0.673. The van der Waals surface area contributed by atoms with Gasteiger partial charge in [0.2, 0.25) is 0 Å². The molecule has 2 saturated heterocycles. The lowest BCUT2D eigenvalue weighted by Gasteiger charge is -2.32. The van der Waals surface area contributed by atoms with Crippen molar-refractivity contribution >= 4 is 11.9 Å². The van der Waals surface area contributed by atoms with Crippen LogP contribution in [-0.2, 0) is 23.8 Å². The van der Waals surface area contributed by atoms with Gasteiger partial charge in [-0.15, -0.1) is 0 Å². The summed E-state index contributed by atoms with van der Waals surface area (Å²) < 4.78 is 15.5. The van der Waals surface area contributed by atoms with Gasteiger partial charge in [0.1, 0.15) is 11.8 Å². The van der Waals surface area contributed by atoms with Crippen molar-refractivity contribution in [3.63, 3.8) is 0 Å². The van der Waals surface area contributed by atoms with E-state index >= 15 is 0 Å². The number of ether oxygens (including phenoxy) is 3. The minimum Gasteiger partial charge on any atom is -0.469 e. The van der Waals surface area contributed by atoms with Crippen LogP contribution in [0.1, 0.15) is 26.7 Å². The van der Waals surface area contributed by atoms with E-state index < -0.39 is 35.0 Å². The van der Waals surface area contributed by atoms with E-state index in [-0.39, 0.29) is 0 Å². The standard InChI is InChI=1S/C12H18O5/c1-11-5-6-12(2,17-11)8(10(14)16-4)7(11)9(13)15-3/h7-8H,5-6H2,1-4H3/t7-,8+,11-,12-/m0/s1. The highest BCUT2D eigenvalue weighted by molar-refractivity contribution is 5.85. The monoisotopic (exact) mass is 242 g/mol. The summed E-state index contributed by atoms with van der Waals surface area (Å²) in [5, 5.41) is 0. The van der Waals surface area contributed by atoms with Crippen molar-refractivity contribution < 1.29 is 23.8 Å². The first-order chi connectivity index (χ1) is 7.88. The number of carbonyl (C=O) groups is 2. The van der Waals surface area contributed by atoms with Gasteiger partial charge in [0.25, 0.3) is 0 Å². The average Bonchev–Trinajstić information content (AvgIpc) is 2.72. The molecule has 5 nitrogen and oxygen atoms in total. The zero-order valence-corrected chi connectivity index (χ0v) is 10.6. The molecule has 0 radical (unpaired) electrons. The number of fused-ring (bicyclic) bond motifs is 2. The summed E-state index contributed by atoms with van der Waals surface area (Å²) in [6.45, 7) is 3.73. The molecule has 0 aromatic heterocycles. The van der Waals surface area contributed by atoms with E-state index in [1.807, 2.05) is 13.8 Å². The normalized spacial score (nSPS) is 43.5. The minimum atomic E-state index is -0.610. The van der Waals surface area contributed by atoms with Gasteiger partial charge in [-0.25, -0.2) is 0 Å². The topological polar surface area (TPSA) is 61.8 Å². The zero-order chi connectivity index (χ0) is 12.8. The van der Waals surface area contributed by atoms with Crippen LogP contribution in [0, 0.1) is 11.8 Å². The van der Waals surface area contributed by atoms with Crippen LogP contribution in [-0.4, -0.2) is 37.4 Å². The summed E-state index contributed by atoms with van der Waals surface area (Å²) in [5.74, 6) is -1.94. The fraction of sp³-hybridized carbons (Fsp3) is 0.833. The van der Waals surface area contributed by atoms with E-state index in [4.69, 9.17) is 14.2 Å². The number of hydrogen-bond donors (Lipinski definition) is 0. The molecule has 0 amide bonds. The van der Waals surface area contributed by atoms with Gasteiger partial charge in [0, 0.05) is 0 Å². The molecule has 2 fully saturated rings. The van der Waals surface area contributed by atoms with Crippen molar-refractivity contribution in [2.24, 2.45) is 11.8 Å². The maximum Gasteiger partial charge on any atom is 0.312 e. The molecule has 0 saturated carbocycles. The molecule has 0 aromatic carbocycles. The predicted molar refractivity (Wildman–Crippen MR) is 58.1 cm³/mol. The van der Waals surface area contributed by atoms with E-state index in [2.05, 4.69) is 0 Å². The van der Waals surface area contributed by atoms with Crippen molar-refractivity contribution in [2.75, 3.05) is 14.2 Å². The summed E-state index contributed by atoms with van der Waals surface area (Å²) in [4.78, 5) is 23.7. The SMILES string of the molecule is COC(=O)[C@@H]1[C@H](C(=O)OC)[C@]2(C)CC[C@]1(C)O2. The molecule has 2 aliphatic rings. The highest BCUT2D eigenvalue weighted by atomic mass is 16.6. The molecule has 2 heterocycles. The second-order valence-electron chi connectivity index (χ2n) is 5.23. The second-order valence-corrected chi connectivity index (χ2v) is 5.23. The molecule has 4 atom stereocenters. The van der Waals surface area contributed by atoms with E-state index in [9.17, 15) is 9.59 Å². The lowest BCUT2D eigenvalue weighted by atomic mass is 9.67. The molecule has 0 spiro atoms. The van der Waals surface area contributed by atoms with Crippen LogP contribution in [0.25, 0.3) is 0 Å². The van der Waals surface area contributed by atoms with Gasteiger partial charge in [0.15, 0.2) is 0 Å². The Morgan fingerprint density at radius 3 is 1.65 bits per heavy atom. The van der Waals surface area contributed by atoms with Crippen LogP contribution in [0.2, 0.25) is 0 Å². The second kappa shape index (κ2) is 3.70.